The Kier molecular flexibility index (Phi) is 2.20. The van der Waals surface area contributed by atoms with E-state index in [0.29, 0.717) is 11.5 Å². The summed E-state index contributed by atoms with van der Waals surface area (Å²) in [6.07, 6.45) is 0. The summed E-state index contributed by atoms with van der Waals surface area (Å²) in [7, 11) is 0. The molecule has 2 nitrogen and oxygen atoms in total. The highest BCUT2D eigenvalue weighted by Gasteiger charge is 2.52. The average molecular weight is 197 g/mol. The largest absolute Gasteiger partial charge is 0.379 e. The van der Waals surface area contributed by atoms with Crippen molar-refractivity contribution in [2.24, 2.45) is 11.3 Å². The van der Waals surface area contributed by atoms with E-state index in [1.165, 1.54) is 6.54 Å². The molecular weight excluding hydrogens is 174 g/mol. The molecule has 0 N–H and O–H groups in total. The molecule has 0 bridgehead atoms. The van der Waals surface area contributed by atoms with Gasteiger partial charge in [0, 0.05) is 24.0 Å². The van der Waals surface area contributed by atoms with Crippen molar-refractivity contribution in [3.05, 3.63) is 0 Å². The van der Waals surface area contributed by atoms with Gasteiger partial charge in [-0.3, -0.25) is 4.90 Å². The van der Waals surface area contributed by atoms with Gasteiger partial charge in [0.05, 0.1) is 13.2 Å². The predicted molar refractivity (Wildman–Crippen MR) is 58.3 cm³/mol. The molecule has 0 radical (unpaired) electrons. The van der Waals surface area contributed by atoms with Crippen LogP contribution in [0.4, 0.5) is 0 Å². The maximum atomic E-state index is 5.63. The van der Waals surface area contributed by atoms with Crippen molar-refractivity contribution in [1.82, 2.24) is 4.90 Å². The van der Waals surface area contributed by atoms with Gasteiger partial charge in [0.15, 0.2) is 0 Å². The lowest BCUT2D eigenvalue weighted by Crippen LogP contribution is -2.46. The van der Waals surface area contributed by atoms with E-state index in [1.54, 1.807) is 0 Å². The molecule has 0 spiro atoms. The topological polar surface area (TPSA) is 12.5 Å². The monoisotopic (exact) mass is 197 g/mol. The Morgan fingerprint density at radius 2 is 1.86 bits per heavy atom. The fourth-order valence-electron chi connectivity index (χ4n) is 3.00. The molecule has 0 saturated carbocycles. The molecule has 2 aliphatic rings. The molecular formula is C12H23NO. The van der Waals surface area contributed by atoms with Crippen LogP contribution in [0.25, 0.3) is 0 Å². The van der Waals surface area contributed by atoms with E-state index in [-0.39, 0.29) is 5.54 Å². The van der Waals surface area contributed by atoms with Crippen molar-refractivity contribution in [2.75, 3.05) is 19.8 Å². The van der Waals surface area contributed by atoms with Gasteiger partial charge in [0.2, 0.25) is 0 Å². The van der Waals surface area contributed by atoms with Gasteiger partial charge < -0.3 is 4.74 Å². The van der Waals surface area contributed by atoms with Gasteiger partial charge in [0.1, 0.15) is 0 Å². The lowest BCUT2D eigenvalue weighted by atomic mass is 9.80. The van der Waals surface area contributed by atoms with E-state index in [4.69, 9.17) is 4.74 Å². The highest BCUT2D eigenvalue weighted by Crippen LogP contribution is 2.45. The fraction of sp³-hybridized carbons (Fsp3) is 1.00. The molecule has 0 amide bonds. The summed E-state index contributed by atoms with van der Waals surface area (Å²) < 4.78 is 5.63. The van der Waals surface area contributed by atoms with E-state index in [1.807, 2.05) is 0 Å². The molecule has 0 aliphatic carbocycles. The molecule has 2 rings (SSSR count). The first-order valence-electron chi connectivity index (χ1n) is 5.67. The highest BCUT2D eigenvalue weighted by atomic mass is 16.5. The molecule has 2 saturated heterocycles. The first kappa shape index (κ1) is 10.4. The maximum Gasteiger partial charge on any atom is 0.0625 e. The van der Waals surface area contributed by atoms with Crippen LogP contribution in [0.3, 0.4) is 0 Å². The van der Waals surface area contributed by atoms with Gasteiger partial charge in [-0.25, -0.2) is 0 Å². The molecule has 0 aromatic heterocycles. The molecule has 2 unspecified atom stereocenters. The van der Waals surface area contributed by atoms with E-state index in [9.17, 15) is 0 Å². The normalized spacial score (nSPS) is 37.5. The Balaban J connectivity index is 2.23. The van der Waals surface area contributed by atoms with Crippen LogP contribution in [0, 0.1) is 11.3 Å². The third-order valence-corrected chi connectivity index (χ3v) is 3.89. The maximum absolute atomic E-state index is 5.63. The first-order chi connectivity index (χ1) is 6.32. The smallest absolute Gasteiger partial charge is 0.0625 e. The summed E-state index contributed by atoms with van der Waals surface area (Å²) in [4.78, 5) is 2.63. The van der Waals surface area contributed by atoms with Crippen LogP contribution in [0.1, 0.15) is 34.6 Å². The lowest BCUT2D eigenvalue weighted by Gasteiger charge is -2.36. The van der Waals surface area contributed by atoms with Gasteiger partial charge in [-0.1, -0.05) is 13.8 Å². The highest BCUT2D eigenvalue weighted by molar-refractivity contribution is 5.04. The van der Waals surface area contributed by atoms with Crippen LogP contribution < -0.4 is 0 Å². The van der Waals surface area contributed by atoms with Crippen LogP contribution in [-0.4, -0.2) is 36.2 Å². The summed E-state index contributed by atoms with van der Waals surface area (Å²) in [6.45, 7) is 14.8. The van der Waals surface area contributed by atoms with Crippen LogP contribution in [0.15, 0.2) is 0 Å². The minimum atomic E-state index is 0.282. The van der Waals surface area contributed by atoms with Gasteiger partial charge in [-0.05, 0) is 26.2 Å². The van der Waals surface area contributed by atoms with Crippen molar-refractivity contribution < 1.29 is 4.74 Å². The molecule has 14 heavy (non-hydrogen) atoms. The molecule has 0 aromatic rings. The Labute approximate surface area is 87.6 Å². The molecule has 0 aromatic carbocycles. The first-order valence-corrected chi connectivity index (χ1v) is 5.67. The summed E-state index contributed by atoms with van der Waals surface area (Å²) >= 11 is 0. The number of fused-ring (bicyclic) bond motifs is 1. The zero-order chi connectivity index (χ0) is 10.6. The van der Waals surface area contributed by atoms with Crippen molar-refractivity contribution in [2.45, 2.75) is 46.2 Å². The zero-order valence-corrected chi connectivity index (χ0v) is 10.1. The number of hydrogen-bond donors (Lipinski definition) is 0. The fourth-order valence-corrected chi connectivity index (χ4v) is 3.00. The van der Waals surface area contributed by atoms with Crippen molar-refractivity contribution in [1.29, 1.82) is 0 Å². The lowest BCUT2D eigenvalue weighted by molar-refractivity contribution is 0.0734. The second kappa shape index (κ2) is 2.96. The predicted octanol–water partition coefficient (Wildman–Crippen LogP) is 2.14. The third kappa shape index (κ3) is 1.49. The van der Waals surface area contributed by atoms with Crippen molar-refractivity contribution >= 4 is 0 Å². The number of hydrogen-bond acceptors (Lipinski definition) is 2. The zero-order valence-electron chi connectivity index (χ0n) is 10.1. The van der Waals surface area contributed by atoms with E-state index in [2.05, 4.69) is 39.5 Å². The number of nitrogens with zero attached hydrogens (tertiary/aromatic N) is 1. The Morgan fingerprint density at radius 1 is 1.21 bits per heavy atom. The average Bonchev–Trinajstić information content (AvgIpc) is 2.51. The SMILES string of the molecule is CC1(C)CN(C(C)(C)C)C2COCC21. The minimum Gasteiger partial charge on any atom is -0.379 e. The number of likely N-dealkylation sites (tertiary alicyclic amines) is 1. The summed E-state index contributed by atoms with van der Waals surface area (Å²) in [5, 5.41) is 0. The standard InChI is InChI=1S/C12H23NO/c1-11(2,3)13-8-12(4,5)9-6-14-7-10(9)13/h9-10H,6-8H2,1-5H3. The molecule has 2 heteroatoms. The second-order valence-corrected chi connectivity index (χ2v) is 6.50. The molecule has 2 heterocycles. The minimum absolute atomic E-state index is 0.282. The quantitative estimate of drug-likeness (QED) is 0.590. The van der Waals surface area contributed by atoms with Gasteiger partial charge in [-0.15, -0.1) is 0 Å². The Morgan fingerprint density at radius 3 is 2.43 bits per heavy atom. The van der Waals surface area contributed by atoms with E-state index in [0.717, 1.165) is 19.1 Å². The van der Waals surface area contributed by atoms with Crippen LogP contribution in [-0.2, 0) is 4.74 Å². The summed E-state index contributed by atoms with van der Waals surface area (Å²) in [5.41, 5.74) is 0.707. The van der Waals surface area contributed by atoms with Gasteiger partial charge >= 0.3 is 0 Å². The number of ether oxygens (including phenoxy) is 1. The van der Waals surface area contributed by atoms with Gasteiger partial charge in [0.25, 0.3) is 0 Å². The van der Waals surface area contributed by atoms with Crippen molar-refractivity contribution in [3.8, 4) is 0 Å². The van der Waals surface area contributed by atoms with Crippen LogP contribution >= 0.6 is 0 Å². The third-order valence-electron chi connectivity index (χ3n) is 3.89. The van der Waals surface area contributed by atoms with Crippen LogP contribution in [0.2, 0.25) is 0 Å². The second-order valence-electron chi connectivity index (χ2n) is 6.50. The van der Waals surface area contributed by atoms with E-state index >= 15 is 0 Å². The molecule has 2 fully saturated rings. The van der Waals surface area contributed by atoms with E-state index < -0.39 is 0 Å². The van der Waals surface area contributed by atoms with Gasteiger partial charge in [-0.2, -0.15) is 0 Å². The Hall–Kier alpha value is -0.0800. The van der Waals surface area contributed by atoms with Crippen molar-refractivity contribution in [3.63, 3.8) is 0 Å². The summed E-state index contributed by atoms with van der Waals surface area (Å²) in [5.74, 6) is 0.738. The molecule has 2 aliphatic heterocycles. The van der Waals surface area contributed by atoms with Crippen LogP contribution in [0.5, 0.6) is 0 Å². The molecule has 2 atom stereocenters. The molecule has 82 valence electrons. The summed E-state index contributed by atoms with van der Waals surface area (Å²) in [6, 6.07) is 0.657. The number of rotatable bonds is 0. The Bertz CT molecular complexity index is 229.